The zero-order valence-electron chi connectivity index (χ0n) is 14.9. The summed E-state index contributed by atoms with van der Waals surface area (Å²) < 4.78 is 11.2. The molecule has 0 aliphatic carbocycles. The molecule has 0 aromatic heterocycles. The lowest BCUT2D eigenvalue weighted by Gasteiger charge is -2.34. The fourth-order valence-corrected chi connectivity index (χ4v) is 3.55. The van der Waals surface area contributed by atoms with E-state index in [-0.39, 0.29) is 36.5 Å². The largest absolute Gasteiger partial charge is 0.484 e. The van der Waals surface area contributed by atoms with Crippen molar-refractivity contribution < 1.29 is 19.1 Å². The van der Waals surface area contributed by atoms with Gasteiger partial charge >= 0.3 is 0 Å². The lowest BCUT2D eigenvalue weighted by atomic mass is 9.87. The number of nitrogens with zero attached hydrogens (tertiary/aromatic N) is 2. The van der Waals surface area contributed by atoms with Crippen LogP contribution in [0.1, 0.15) is 20.3 Å². The number of ether oxygens (including phenoxy) is 2. The molecule has 2 aliphatic rings. The summed E-state index contributed by atoms with van der Waals surface area (Å²) in [6.07, 6.45) is 0.848. The molecular formula is C19H26N2O4. The molecule has 0 radical (unpaired) electrons. The predicted octanol–water partition coefficient (Wildman–Crippen LogP) is 1.55. The van der Waals surface area contributed by atoms with E-state index in [0.29, 0.717) is 32.0 Å². The Bertz CT molecular complexity index is 619. The second kappa shape index (κ2) is 7.44. The molecule has 6 heteroatoms. The van der Waals surface area contributed by atoms with E-state index in [0.717, 1.165) is 6.42 Å². The number of hydrogen-bond acceptors (Lipinski definition) is 4. The van der Waals surface area contributed by atoms with Crippen LogP contribution in [0.5, 0.6) is 5.75 Å². The molecule has 1 aromatic rings. The number of rotatable bonds is 4. The lowest BCUT2D eigenvalue weighted by molar-refractivity contribution is -0.135. The summed E-state index contributed by atoms with van der Waals surface area (Å²) in [7, 11) is 0. The molecule has 2 heterocycles. The molecule has 1 spiro atoms. The Morgan fingerprint density at radius 2 is 2.04 bits per heavy atom. The van der Waals surface area contributed by atoms with Gasteiger partial charge in [0.2, 0.25) is 5.91 Å². The van der Waals surface area contributed by atoms with Crippen molar-refractivity contribution >= 4 is 11.8 Å². The van der Waals surface area contributed by atoms with Gasteiger partial charge in [-0.1, -0.05) is 18.2 Å². The van der Waals surface area contributed by atoms with Gasteiger partial charge in [0.25, 0.3) is 5.91 Å². The highest BCUT2D eigenvalue weighted by Crippen LogP contribution is 2.34. The third kappa shape index (κ3) is 4.12. The minimum atomic E-state index is -0.168. The summed E-state index contributed by atoms with van der Waals surface area (Å²) in [5.74, 6) is 0.704. The van der Waals surface area contributed by atoms with Gasteiger partial charge in [-0.05, 0) is 32.4 Å². The smallest absolute Gasteiger partial charge is 0.260 e. The van der Waals surface area contributed by atoms with Crippen LogP contribution < -0.4 is 4.74 Å². The Morgan fingerprint density at radius 1 is 1.28 bits per heavy atom. The number of carbonyl (C=O) groups is 2. The molecule has 1 unspecified atom stereocenters. The molecule has 3 rings (SSSR count). The molecule has 2 aliphatic heterocycles. The van der Waals surface area contributed by atoms with E-state index in [1.54, 1.807) is 0 Å². The van der Waals surface area contributed by atoms with Crippen LogP contribution in [-0.4, -0.2) is 67.1 Å². The first-order valence-corrected chi connectivity index (χ1v) is 8.82. The zero-order chi connectivity index (χ0) is 17.9. The molecule has 2 amide bonds. The van der Waals surface area contributed by atoms with Gasteiger partial charge < -0.3 is 19.3 Å². The molecule has 2 saturated heterocycles. The Morgan fingerprint density at radius 3 is 2.76 bits per heavy atom. The van der Waals surface area contributed by atoms with Crippen LogP contribution >= 0.6 is 0 Å². The van der Waals surface area contributed by atoms with Crippen LogP contribution in [0.15, 0.2) is 30.3 Å². The first-order valence-electron chi connectivity index (χ1n) is 8.82. The minimum Gasteiger partial charge on any atom is -0.484 e. The molecule has 25 heavy (non-hydrogen) atoms. The van der Waals surface area contributed by atoms with Crippen molar-refractivity contribution in [3.05, 3.63) is 30.3 Å². The molecule has 0 bridgehead atoms. The van der Waals surface area contributed by atoms with Crippen molar-refractivity contribution in [1.29, 1.82) is 0 Å². The molecule has 0 saturated carbocycles. The van der Waals surface area contributed by atoms with Gasteiger partial charge in [-0.15, -0.1) is 0 Å². The standard InChI is InChI=1S/C19H26N2O4/c1-15(2)21-13-19(14-24-10-18(21)23)8-9-20(12-19)17(22)11-25-16-6-4-3-5-7-16/h3-7,15H,8-14H2,1-2H3. The molecule has 1 aromatic carbocycles. The molecule has 2 fully saturated rings. The summed E-state index contributed by atoms with van der Waals surface area (Å²) in [6.45, 7) is 6.66. The number of hydrogen-bond donors (Lipinski definition) is 0. The van der Waals surface area contributed by atoms with E-state index in [9.17, 15) is 9.59 Å². The first-order chi connectivity index (χ1) is 12.0. The third-order valence-corrected chi connectivity index (χ3v) is 4.98. The molecule has 6 nitrogen and oxygen atoms in total. The van der Waals surface area contributed by atoms with Crippen molar-refractivity contribution in [1.82, 2.24) is 9.80 Å². The number of amides is 2. The van der Waals surface area contributed by atoms with E-state index >= 15 is 0 Å². The quantitative estimate of drug-likeness (QED) is 0.830. The van der Waals surface area contributed by atoms with Crippen LogP contribution in [0.25, 0.3) is 0 Å². The number of carbonyl (C=O) groups excluding carboxylic acids is 2. The van der Waals surface area contributed by atoms with Crippen molar-refractivity contribution in [2.24, 2.45) is 5.41 Å². The SMILES string of the molecule is CC(C)N1CC2(CCN(C(=O)COc3ccccc3)C2)COCC1=O. The fraction of sp³-hybridized carbons (Fsp3) is 0.579. The van der Waals surface area contributed by atoms with Gasteiger partial charge in [0, 0.05) is 31.1 Å². The number of benzene rings is 1. The molecule has 136 valence electrons. The van der Waals surface area contributed by atoms with Crippen LogP contribution in [0.3, 0.4) is 0 Å². The minimum absolute atomic E-state index is 0.0209. The van der Waals surface area contributed by atoms with Gasteiger partial charge in [0.05, 0.1) is 6.61 Å². The van der Waals surface area contributed by atoms with Crippen molar-refractivity contribution in [3.8, 4) is 5.75 Å². The maximum atomic E-state index is 12.5. The summed E-state index contributed by atoms with van der Waals surface area (Å²) in [5.41, 5.74) is -0.168. The zero-order valence-corrected chi connectivity index (χ0v) is 14.9. The second-order valence-electron chi connectivity index (χ2n) is 7.28. The van der Waals surface area contributed by atoms with E-state index in [4.69, 9.17) is 9.47 Å². The van der Waals surface area contributed by atoms with E-state index in [2.05, 4.69) is 0 Å². The normalized spacial score (nSPS) is 24.0. The van der Waals surface area contributed by atoms with Gasteiger partial charge in [0.15, 0.2) is 6.61 Å². The van der Waals surface area contributed by atoms with Gasteiger partial charge in [-0.2, -0.15) is 0 Å². The predicted molar refractivity (Wildman–Crippen MR) is 93.2 cm³/mol. The Kier molecular flexibility index (Phi) is 5.27. The highest BCUT2D eigenvalue weighted by molar-refractivity contribution is 5.79. The summed E-state index contributed by atoms with van der Waals surface area (Å²) >= 11 is 0. The average Bonchev–Trinajstić information content (AvgIpc) is 2.94. The van der Waals surface area contributed by atoms with Crippen LogP contribution in [0.2, 0.25) is 0 Å². The summed E-state index contributed by atoms with van der Waals surface area (Å²) in [5, 5.41) is 0. The highest BCUT2D eigenvalue weighted by atomic mass is 16.5. The average molecular weight is 346 g/mol. The third-order valence-electron chi connectivity index (χ3n) is 4.98. The molecular weight excluding hydrogens is 320 g/mol. The molecule has 0 N–H and O–H groups in total. The van der Waals surface area contributed by atoms with Gasteiger partial charge in [0.1, 0.15) is 12.4 Å². The van der Waals surface area contributed by atoms with Crippen LogP contribution in [0.4, 0.5) is 0 Å². The number of para-hydroxylation sites is 1. The Hall–Kier alpha value is -2.08. The Labute approximate surface area is 148 Å². The monoisotopic (exact) mass is 346 g/mol. The van der Waals surface area contributed by atoms with E-state index in [1.807, 2.05) is 54.0 Å². The second-order valence-corrected chi connectivity index (χ2v) is 7.28. The lowest BCUT2D eigenvalue weighted by Crippen LogP contribution is -2.46. The van der Waals surface area contributed by atoms with Gasteiger partial charge in [-0.3, -0.25) is 9.59 Å². The van der Waals surface area contributed by atoms with E-state index < -0.39 is 0 Å². The van der Waals surface area contributed by atoms with Gasteiger partial charge in [-0.25, -0.2) is 0 Å². The maximum absolute atomic E-state index is 12.5. The topological polar surface area (TPSA) is 59.1 Å². The van der Waals surface area contributed by atoms with Crippen LogP contribution in [-0.2, 0) is 14.3 Å². The first kappa shape index (κ1) is 17.7. The molecule has 1 atom stereocenters. The van der Waals surface area contributed by atoms with Crippen molar-refractivity contribution in [2.45, 2.75) is 26.3 Å². The maximum Gasteiger partial charge on any atom is 0.260 e. The fourth-order valence-electron chi connectivity index (χ4n) is 3.55. The van der Waals surface area contributed by atoms with Crippen molar-refractivity contribution in [2.75, 3.05) is 39.5 Å². The highest BCUT2D eigenvalue weighted by Gasteiger charge is 2.44. The summed E-state index contributed by atoms with van der Waals surface area (Å²) in [6, 6.07) is 9.48. The Balaban J connectivity index is 1.59. The van der Waals surface area contributed by atoms with Crippen LogP contribution in [0, 0.1) is 5.41 Å². The summed E-state index contributed by atoms with van der Waals surface area (Å²) in [4.78, 5) is 28.4. The number of likely N-dealkylation sites (tertiary alicyclic amines) is 1. The van der Waals surface area contributed by atoms with Crippen molar-refractivity contribution in [3.63, 3.8) is 0 Å². The van der Waals surface area contributed by atoms with E-state index in [1.165, 1.54) is 0 Å².